The molecule has 1 N–H and O–H groups in total. The Bertz CT molecular complexity index is 493. The van der Waals surface area contributed by atoms with E-state index in [1.165, 1.54) is 0 Å². The fourth-order valence-corrected chi connectivity index (χ4v) is 3.11. The molecule has 1 amide bonds. The summed E-state index contributed by atoms with van der Waals surface area (Å²) in [5.41, 5.74) is 0.728. The van der Waals surface area contributed by atoms with Crippen molar-refractivity contribution in [3.8, 4) is 0 Å². The summed E-state index contributed by atoms with van der Waals surface area (Å²) in [7, 11) is 1.74. The van der Waals surface area contributed by atoms with E-state index in [1.54, 1.807) is 30.1 Å². The number of hydrogen-bond donors (Lipinski definition) is 1. The Balaban J connectivity index is 2.16. The van der Waals surface area contributed by atoms with E-state index in [4.69, 9.17) is 23.2 Å². The van der Waals surface area contributed by atoms with Crippen molar-refractivity contribution in [1.29, 1.82) is 0 Å². The third kappa shape index (κ3) is 3.27. The second kappa shape index (κ2) is 6.79. The van der Waals surface area contributed by atoms with Crippen LogP contribution in [0.5, 0.6) is 0 Å². The number of rotatable bonds is 3. The van der Waals surface area contributed by atoms with Crippen molar-refractivity contribution < 1.29 is 9.90 Å². The van der Waals surface area contributed by atoms with Crippen molar-refractivity contribution >= 4 is 34.8 Å². The Kier molecular flexibility index (Phi) is 5.30. The van der Waals surface area contributed by atoms with Gasteiger partial charge in [0.2, 0.25) is 5.91 Å². The Morgan fingerprint density at radius 1 is 1.30 bits per heavy atom. The van der Waals surface area contributed by atoms with Gasteiger partial charge in [0.05, 0.1) is 10.0 Å². The molecule has 0 spiro atoms. The quantitative estimate of drug-likeness (QED) is 0.922. The third-order valence-electron chi connectivity index (χ3n) is 4.08. The Morgan fingerprint density at radius 2 is 2.00 bits per heavy atom. The highest BCUT2D eigenvalue weighted by Gasteiger charge is 2.32. The van der Waals surface area contributed by atoms with Gasteiger partial charge in [-0.1, -0.05) is 36.0 Å². The molecule has 0 aliphatic heterocycles. The zero-order valence-electron chi connectivity index (χ0n) is 11.5. The van der Waals surface area contributed by atoms with Crippen LogP contribution in [0.2, 0.25) is 10.0 Å². The number of carbonyl (C=O) groups is 1. The Morgan fingerprint density at radius 3 is 2.65 bits per heavy atom. The van der Waals surface area contributed by atoms with Crippen LogP contribution >= 0.6 is 23.2 Å². The smallest absolute Gasteiger partial charge is 0.230 e. The van der Waals surface area contributed by atoms with Crippen LogP contribution < -0.4 is 4.90 Å². The molecule has 1 aliphatic carbocycles. The van der Waals surface area contributed by atoms with Gasteiger partial charge in [-0.05, 0) is 37.0 Å². The van der Waals surface area contributed by atoms with Gasteiger partial charge >= 0.3 is 0 Å². The van der Waals surface area contributed by atoms with Crippen LogP contribution in [0.3, 0.4) is 0 Å². The van der Waals surface area contributed by atoms with Crippen LogP contribution in [0.1, 0.15) is 25.7 Å². The van der Waals surface area contributed by atoms with Gasteiger partial charge in [-0.3, -0.25) is 4.79 Å². The molecule has 0 radical (unpaired) electrons. The van der Waals surface area contributed by atoms with Crippen LogP contribution in [-0.4, -0.2) is 24.7 Å². The normalized spacial score (nSPS) is 22.6. The predicted molar refractivity (Wildman–Crippen MR) is 82.4 cm³/mol. The SMILES string of the molecule is CN(C(=O)C1CCCCC1CO)c1ccc(Cl)c(Cl)c1. The summed E-state index contributed by atoms with van der Waals surface area (Å²) in [6.07, 6.45) is 3.89. The number of anilines is 1. The molecule has 0 aromatic heterocycles. The first-order chi connectivity index (χ1) is 9.54. The van der Waals surface area contributed by atoms with Crippen molar-refractivity contribution in [1.82, 2.24) is 0 Å². The van der Waals surface area contributed by atoms with E-state index in [-0.39, 0.29) is 24.3 Å². The lowest BCUT2D eigenvalue weighted by Gasteiger charge is -2.32. The average Bonchev–Trinajstić information content (AvgIpc) is 2.48. The molecule has 1 aromatic carbocycles. The van der Waals surface area contributed by atoms with Gasteiger partial charge in [-0.25, -0.2) is 0 Å². The Labute approximate surface area is 129 Å². The molecule has 2 unspecified atom stereocenters. The highest BCUT2D eigenvalue weighted by Crippen LogP contribution is 2.33. The van der Waals surface area contributed by atoms with Crippen molar-refractivity contribution in [3.05, 3.63) is 28.2 Å². The molecule has 2 atom stereocenters. The van der Waals surface area contributed by atoms with Gasteiger partial charge in [-0.2, -0.15) is 0 Å². The minimum absolute atomic E-state index is 0.0436. The van der Waals surface area contributed by atoms with Crippen molar-refractivity contribution in [2.24, 2.45) is 11.8 Å². The Hall–Kier alpha value is -0.770. The molecular weight excluding hydrogens is 297 g/mol. The maximum absolute atomic E-state index is 12.6. The van der Waals surface area contributed by atoms with Gasteiger partial charge in [-0.15, -0.1) is 0 Å². The molecular formula is C15H19Cl2NO2. The number of amides is 1. The van der Waals surface area contributed by atoms with E-state index in [0.717, 1.165) is 31.4 Å². The average molecular weight is 316 g/mol. The second-order valence-corrected chi connectivity index (χ2v) is 6.14. The first-order valence-electron chi connectivity index (χ1n) is 6.88. The van der Waals surface area contributed by atoms with Gasteiger partial charge in [0.25, 0.3) is 0 Å². The fourth-order valence-electron chi connectivity index (χ4n) is 2.82. The lowest BCUT2D eigenvalue weighted by atomic mass is 9.79. The predicted octanol–water partition coefficient (Wildman–Crippen LogP) is 3.75. The molecule has 1 aromatic rings. The van der Waals surface area contributed by atoms with E-state index in [2.05, 4.69) is 0 Å². The van der Waals surface area contributed by atoms with E-state index in [0.29, 0.717) is 10.0 Å². The van der Waals surface area contributed by atoms with Crippen LogP contribution in [-0.2, 0) is 4.79 Å². The van der Waals surface area contributed by atoms with E-state index < -0.39 is 0 Å². The molecule has 1 aliphatic rings. The molecule has 1 fully saturated rings. The first kappa shape index (κ1) is 15.6. The van der Waals surface area contributed by atoms with Crippen LogP contribution in [0.15, 0.2) is 18.2 Å². The van der Waals surface area contributed by atoms with E-state index in [1.807, 2.05) is 0 Å². The molecule has 0 heterocycles. The number of aliphatic hydroxyl groups excluding tert-OH is 1. The van der Waals surface area contributed by atoms with E-state index in [9.17, 15) is 9.90 Å². The van der Waals surface area contributed by atoms with Gasteiger partial charge in [0.1, 0.15) is 0 Å². The molecule has 0 saturated heterocycles. The van der Waals surface area contributed by atoms with Crippen LogP contribution in [0.25, 0.3) is 0 Å². The standard InChI is InChI=1S/C15H19Cl2NO2/c1-18(11-6-7-13(16)14(17)8-11)15(20)12-5-3-2-4-10(12)9-19/h6-8,10,12,19H,2-5,9H2,1H3. The summed E-state index contributed by atoms with van der Waals surface area (Å²) in [6, 6.07) is 5.16. The summed E-state index contributed by atoms with van der Waals surface area (Å²) in [6.45, 7) is 0.0750. The van der Waals surface area contributed by atoms with Gasteiger partial charge < -0.3 is 10.0 Å². The molecule has 110 valence electrons. The summed E-state index contributed by atoms with van der Waals surface area (Å²) < 4.78 is 0. The molecule has 0 bridgehead atoms. The van der Waals surface area contributed by atoms with Gasteiger partial charge in [0, 0.05) is 25.3 Å². The maximum atomic E-state index is 12.6. The van der Waals surface area contributed by atoms with Crippen LogP contribution in [0, 0.1) is 11.8 Å². The highest BCUT2D eigenvalue weighted by molar-refractivity contribution is 6.42. The maximum Gasteiger partial charge on any atom is 0.230 e. The lowest BCUT2D eigenvalue weighted by molar-refractivity contribution is -0.125. The molecule has 2 rings (SSSR count). The minimum atomic E-state index is -0.104. The number of nitrogens with zero attached hydrogens (tertiary/aromatic N) is 1. The minimum Gasteiger partial charge on any atom is -0.396 e. The number of benzene rings is 1. The number of hydrogen-bond acceptors (Lipinski definition) is 2. The molecule has 3 nitrogen and oxygen atoms in total. The molecule has 1 saturated carbocycles. The zero-order chi connectivity index (χ0) is 14.7. The van der Waals surface area contributed by atoms with Crippen molar-refractivity contribution in [3.63, 3.8) is 0 Å². The molecule has 20 heavy (non-hydrogen) atoms. The fraction of sp³-hybridized carbons (Fsp3) is 0.533. The number of aliphatic hydroxyl groups is 1. The third-order valence-corrected chi connectivity index (χ3v) is 4.82. The summed E-state index contributed by atoms with van der Waals surface area (Å²) in [5.74, 6) is 0.0109. The lowest BCUT2D eigenvalue weighted by Crippen LogP contribution is -2.39. The van der Waals surface area contributed by atoms with E-state index >= 15 is 0 Å². The monoisotopic (exact) mass is 315 g/mol. The first-order valence-corrected chi connectivity index (χ1v) is 7.63. The summed E-state index contributed by atoms with van der Waals surface area (Å²) in [4.78, 5) is 14.2. The largest absolute Gasteiger partial charge is 0.396 e. The van der Waals surface area contributed by atoms with Crippen molar-refractivity contribution in [2.75, 3.05) is 18.6 Å². The second-order valence-electron chi connectivity index (χ2n) is 5.33. The van der Waals surface area contributed by atoms with Crippen molar-refractivity contribution in [2.45, 2.75) is 25.7 Å². The summed E-state index contributed by atoms with van der Waals surface area (Å²) >= 11 is 11.9. The van der Waals surface area contributed by atoms with Gasteiger partial charge in [0.15, 0.2) is 0 Å². The zero-order valence-corrected chi connectivity index (χ0v) is 13.0. The number of halogens is 2. The summed E-state index contributed by atoms with van der Waals surface area (Å²) in [5, 5.41) is 10.3. The topological polar surface area (TPSA) is 40.5 Å². The molecule has 5 heteroatoms. The highest BCUT2D eigenvalue weighted by atomic mass is 35.5. The van der Waals surface area contributed by atoms with Crippen LogP contribution in [0.4, 0.5) is 5.69 Å². The number of carbonyl (C=O) groups excluding carboxylic acids is 1.